The first kappa shape index (κ1) is 18.6. The molecule has 0 aliphatic heterocycles. The fourth-order valence-corrected chi connectivity index (χ4v) is 3.85. The van der Waals surface area contributed by atoms with Crippen molar-refractivity contribution in [3.05, 3.63) is 82.0 Å². The quantitative estimate of drug-likeness (QED) is 0.449. The van der Waals surface area contributed by atoms with Gasteiger partial charge >= 0.3 is 6.09 Å². The van der Waals surface area contributed by atoms with Gasteiger partial charge in [0.15, 0.2) is 5.65 Å². The maximum absolute atomic E-state index is 12.2. The molecule has 0 bridgehead atoms. The van der Waals surface area contributed by atoms with E-state index in [1.807, 2.05) is 24.3 Å². The molecule has 0 radical (unpaired) electrons. The minimum absolute atomic E-state index is 0.000169. The van der Waals surface area contributed by atoms with Gasteiger partial charge in [-0.05, 0) is 28.2 Å². The Labute approximate surface area is 176 Å². The predicted molar refractivity (Wildman–Crippen MR) is 114 cm³/mol. The zero-order valence-corrected chi connectivity index (χ0v) is 16.3. The van der Waals surface area contributed by atoms with Crippen molar-refractivity contribution < 1.29 is 9.53 Å². The maximum Gasteiger partial charge on any atom is 0.407 e. The van der Waals surface area contributed by atoms with Gasteiger partial charge in [0, 0.05) is 5.92 Å². The molecular formula is C23H17N5O3. The number of rotatable bonds is 3. The molecule has 5 rings (SSSR count). The Morgan fingerprint density at radius 2 is 1.81 bits per heavy atom. The van der Waals surface area contributed by atoms with Gasteiger partial charge in [-0.25, -0.2) is 9.78 Å². The van der Waals surface area contributed by atoms with Crippen molar-refractivity contribution in [3.63, 3.8) is 0 Å². The van der Waals surface area contributed by atoms with Crippen LogP contribution < -0.4 is 10.9 Å². The van der Waals surface area contributed by atoms with Crippen LogP contribution in [-0.4, -0.2) is 39.4 Å². The van der Waals surface area contributed by atoms with Gasteiger partial charge in [-0.1, -0.05) is 54.5 Å². The van der Waals surface area contributed by atoms with Crippen LogP contribution in [0.4, 0.5) is 4.79 Å². The smallest absolute Gasteiger partial charge is 0.407 e. The van der Waals surface area contributed by atoms with Crippen molar-refractivity contribution in [2.45, 2.75) is 5.92 Å². The summed E-state index contributed by atoms with van der Waals surface area (Å²) >= 11 is 0. The van der Waals surface area contributed by atoms with E-state index in [9.17, 15) is 9.59 Å². The van der Waals surface area contributed by atoms with Crippen molar-refractivity contribution in [1.29, 1.82) is 0 Å². The summed E-state index contributed by atoms with van der Waals surface area (Å²) in [5.41, 5.74) is 4.97. The normalized spacial score (nSPS) is 12.0. The number of alkyl carbamates (subject to hydrolysis) is 1. The summed E-state index contributed by atoms with van der Waals surface area (Å²) in [4.78, 5) is 30.5. The number of hydrogen-bond acceptors (Lipinski definition) is 5. The maximum atomic E-state index is 12.2. The lowest BCUT2D eigenvalue weighted by atomic mass is 9.98. The minimum Gasteiger partial charge on any atom is -0.449 e. The highest BCUT2D eigenvalue weighted by molar-refractivity contribution is 5.80. The van der Waals surface area contributed by atoms with E-state index >= 15 is 0 Å². The van der Waals surface area contributed by atoms with Crippen LogP contribution in [0.25, 0.3) is 22.2 Å². The average molecular weight is 411 g/mol. The van der Waals surface area contributed by atoms with Gasteiger partial charge in [-0.15, -0.1) is 0 Å². The van der Waals surface area contributed by atoms with Gasteiger partial charge in [0.25, 0.3) is 5.56 Å². The second kappa shape index (κ2) is 7.80. The molecule has 1 amide bonds. The molecule has 3 N–H and O–H groups in total. The van der Waals surface area contributed by atoms with Crippen LogP contribution in [0.1, 0.15) is 22.7 Å². The largest absolute Gasteiger partial charge is 0.449 e. The van der Waals surface area contributed by atoms with Crippen LogP contribution in [0.3, 0.4) is 0 Å². The number of carbonyl (C=O) groups is 1. The second-order valence-corrected chi connectivity index (χ2v) is 7.01. The molecule has 1 aliphatic rings. The molecular weight excluding hydrogens is 394 g/mol. The summed E-state index contributed by atoms with van der Waals surface area (Å²) in [5, 5.41) is 9.50. The lowest BCUT2D eigenvalue weighted by molar-refractivity contribution is 0.144. The predicted octanol–water partition coefficient (Wildman–Crippen LogP) is 2.54. The van der Waals surface area contributed by atoms with E-state index in [-0.39, 0.29) is 35.7 Å². The molecule has 2 aromatic carbocycles. The molecule has 0 unspecified atom stereocenters. The lowest BCUT2D eigenvalue weighted by Crippen LogP contribution is -2.26. The first-order valence-electron chi connectivity index (χ1n) is 9.72. The first-order valence-corrected chi connectivity index (χ1v) is 9.72. The minimum atomic E-state index is -0.551. The van der Waals surface area contributed by atoms with E-state index in [0.717, 1.165) is 11.1 Å². The monoisotopic (exact) mass is 411 g/mol. The van der Waals surface area contributed by atoms with Gasteiger partial charge in [0.2, 0.25) is 0 Å². The van der Waals surface area contributed by atoms with Crippen LogP contribution in [-0.2, 0) is 4.74 Å². The molecule has 152 valence electrons. The molecule has 31 heavy (non-hydrogen) atoms. The summed E-state index contributed by atoms with van der Waals surface area (Å²) in [5.74, 6) is 5.57. The number of carbonyl (C=O) groups excluding carboxylic acids is 1. The van der Waals surface area contributed by atoms with Crippen molar-refractivity contribution in [3.8, 4) is 23.0 Å². The van der Waals surface area contributed by atoms with E-state index in [2.05, 4.69) is 61.6 Å². The van der Waals surface area contributed by atoms with Crippen molar-refractivity contribution in [1.82, 2.24) is 25.5 Å². The van der Waals surface area contributed by atoms with E-state index in [0.29, 0.717) is 5.69 Å². The van der Waals surface area contributed by atoms with E-state index in [1.165, 1.54) is 17.5 Å². The number of nitrogens with one attached hydrogen (secondary N) is 3. The van der Waals surface area contributed by atoms with Crippen LogP contribution in [0.15, 0.2) is 59.7 Å². The molecule has 0 fully saturated rings. The number of fused-ring (bicyclic) bond motifs is 4. The zero-order chi connectivity index (χ0) is 21.2. The number of aromatic amines is 2. The molecule has 2 heterocycles. The molecule has 8 nitrogen and oxygen atoms in total. The molecule has 2 aromatic heterocycles. The molecule has 4 aromatic rings. The fraction of sp³-hybridized carbons (Fsp3) is 0.130. The Morgan fingerprint density at radius 3 is 2.55 bits per heavy atom. The average Bonchev–Trinajstić information content (AvgIpc) is 3.35. The van der Waals surface area contributed by atoms with Crippen molar-refractivity contribution in [2.24, 2.45) is 0 Å². The summed E-state index contributed by atoms with van der Waals surface area (Å²) in [7, 11) is 0. The van der Waals surface area contributed by atoms with E-state index in [4.69, 9.17) is 4.74 Å². The number of amides is 1. The Kier molecular flexibility index (Phi) is 4.69. The van der Waals surface area contributed by atoms with Gasteiger partial charge in [-0.3, -0.25) is 9.89 Å². The highest BCUT2D eigenvalue weighted by Crippen LogP contribution is 2.44. The SMILES string of the molecule is O=C(NCC#Cc1[nH]nc2nc[nH]c(=O)c12)OCC1c2ccccc2-c2ccccc21. The van der Waals surface area contributed by atoms with E-state index < -0.39 is 6.09 Å². The fourth-order valence-electron chi connectivity index (χ4n) is 3.85. The Bertz CT molecular complexity index is 1360. The van der Waals surface area contributed by atoms with Crippen LogP contribution in [0, 0.1) is 11.8 Å². The standard InChI is InChI=1S/C23H17N5O3/c29-22-20-19(27-28-21(20)25-13-26-22)10-5-11-24-23(30)31-12-18-16-8-3-1-6-14(16)15-7-2-4-9-17(15)18/h1-4,6-9,13,18H,11-12H2,(H,24,30)(H2,25,26,27,28,29). The molecule has 0 atom stereocenters. The molecule has 1 aliphatic carbocycles. The van der Waals surface area contributed by atoms with Crippen LogP contribution >= 0.6 is 0 Å². The summed E-state index contributed by atoms with van der Waals surface area (Å²) < 4.78 is 5.46. The highest BCUT2D eigenvalue weighted by atomic mass is 16.5. The second-order valence-electron chi connectivity index (χ2n) is 7.01. The molecule has 0 saturated carbocycles. The molecule has 8 heteroatoms. The Hall–Kier alpha value is -4.38. The number of benzene rings is 2. The van der Waals surface area contributed by atoms with Crippen LogP contribution in [0.2, 0.25) is 0 Å². The number of ether oxygens (including phenoxy) is 1. The third kappa shape index (κ3) is 3.42. The lowest BCUT2D eigenvalue weighted by Gasteiger charge is -2.14. The zero-order valence-electron chi connectivity index (χ0n) is 16.3. The van der Waals surface area contributed by atoms with Crippen molar-refractivity contribution in [2.75, 3.05) is 13.2 Å². The molecule has 0 spiro atoms. The van der Waals surface area contributed by atoms with Gasteiger partial charge in [0.05, 0.1) is 12.9 Å². The van der Waals surface area contributed by atoms with Crippen molar-refractivity contribution >= 4 is 17.1 Å². The van der Waals surface area contributed by atoms with Gasteiger partial charge in [0.1, 0.15) is 17.7 Å². The van der Waals surface area contributed by atoms with Crippen LogP contribution in [0.5, 0.6) is 0 Å². The third-order valence-electron chi connectivity index (χ3n) is 5.23. The van der Waals surface area contributed by atoms with E-state index in [1.54, 1.807) is 0 Å². The number of hydrogen-bond donors (Lipinski definition) is 3. The summed E-state index contributed by atoms with van der Waals surface area (Å²) in [6.45, 7) is 0.300. The summed E-state index contributed by atoms with van der Waals surface area (Å²) in [6.07, 6.45) is 0.728. The van der Waals surface area contributed by atoms with Gasteiger partial charge < -0.3 is 15.0 Å². The van der Waals surface area contributed by atoms with Gasteiger partial charge in [-0.2, -0.15) is 5.10 Å². The number of nitrogens with zero attached hydrogens (tertiary/aromatic N) is 2. The topological polar surface area (TPSA) is 113 Å². The third-order valence-corrected chi connectivity index (χ3v) is 5.23. The Morgan fingerprint density at radius 1 is 1.10 bits per heavy atom. The number of aromatic nitrogens is 4. The number of H-pyrrole nitrogens is 2. The highest BCUT2D eigenvalue weighted by Gasteiger charge is 2.28. The first-order chi connectivity index (χ1) is 15.2. The molecule has 0 saturated heterocycles. The summed E-state index contributed by atoms with van der Waals surface area (Å²) in [6, 6.07) is 16.3. The Balaban J connectivity index is 1.22.